The number of ether oxygens (including phenoxy) is 1. The van der Waals surface area contributed by atoms with Crippen LogP contribution >= 0.6 is 7.95 Å². The highest BCUT2D eigenvalue weighted by Crippen LogP contribution is 2.41. The molecule has 1 saturated heterocycles. The summed E-state index contributed by atoms with van der Waals surface area (Å²) in [7, 11) is -2.67. The van der Waals surface area contributed by atoms with Crippen LogP contribution in [0.2, 0.25) is 0 Å². The van der Waals surface area contributed by atoms with Gasteiger partial charge in [-0.15, -0.1) is 5.09 Å². The van der Waals surface area contributed by atoms with Crippen molar-refractivity contribution in [2.75, 3.05) is 6.54 Å². The van der Waals surface area contributed by atoms with Crippen molar-refractivity contribution < 1.29 is 23.7 Å². The zero-order valence-electron chi connectivity index (χ0n) is 16.9. The molecular formula is C19H28N4O5P+. The van der Waals surface area contributed by atoms with E-state index in [1.54, 1.807) is 24.3 Å². The molecular weight excluding hydrogens is 395 g/mol. The molecule has 2 rings (SSSR count). The van der Waals surface area contributed by atoms with Crippen LogP contribution in [0.25, 0.3) is 0 Å². The Labute approximate surface area is 171 Å². The third-order valence-corrected chi connectivity index (χ3v) is 6.01. The highest BCUT2D eigenvalue weighted by Gasteiger charge is 2.62. The molecule has 0 aliphatic carbocycles. The molecule has 2 atom stereocenters. The van der Waals surface area contributed by atoms with E-state index in [1.807, 2.05) is 26.8 Å². The lowest BCUT2D eigenvalue weighted by atomic mass is 9.92. The minimum Gasteiger partial charge on any atom is -0.445 e. The second kappa shape index (κ2) is 9.33. The Morgan fingerprint density at radius 3 is 2.55 bits per heavy atom. The van der Waals surface area contributed by atoms with Gasteiger partial charge in [0.05, 0.1) is 0 Å². The maximum atomic E-state index is 13.0. The Morgan fingerprint density at radius 2 is 1.93 bits per heavy atom. The average Bonchev–Trinajstić information content (AvgIpc) is 2.63. The van der Waals surface area contributed by atoms with E-state index in [0.717, 1.165) is 10.6 Å². The Bertz CT molecular complexity index is 781. The van der Waals surface area contributed by atoms with Gasteiger partial charge in [0, 0.05) is 19.4 Å². The summed E-state index contributed by atoms with van der Waals surface area (Å²) in [5.41, 5.74) is 0.432. The van der Waals surface area contributed by atoms with Crippen molar-refractivity contribution in [3.05, 3.63) is 35.9 Å². The molecule has 29 heavy (non-hydrogen) atoms. The first-order valence-electron chi connectivity index (χ1n) is 9.36. The molecule has 3 amide bonds. The predicted molar refractivity (Wildman–Crippen MR) is 107 cm³/mol. The number of nitrogens with two attached hydrogens (primary N) is 1. The fraction of sp³-hybridized carbons (Fsp3) is 0.526. The van der Waals surface area contributed by atoms with Crippen molar-refractivity contribution in [2.24, 2.45) is 11.3 Å². The molecule has 1 aromatic carbocycles. The molecule has 1 heterocycles. The Hall–Kier alpha value is -2.51. The van der Waals surface area contributed by atoms with Crippen molar-refractivity contribution in [1.82, 2.24) is 15.4 Å². The number of benzene rings is 1. The van der Waals surface area contributed by atoms with Gasteiger partial charge in [0.2, 0.25) is 0 Å². The molecule has 1 aliphatic heterocycles. The molecule has 9 nitrogen and oxygen atoms in total. The molecule has 0 aromatic heterocycles. The summed E-state index contributed by atoms with van der Waals surface area (Å²) in [6, 6.07) is 9.00. The largest absolute Gasteiger partial charge is 0.501 e. The number of alkyl carbamates (subject to hydrolysis) is 1. The molecule has 1 fully saturated rings. The van der Waals surface area contributed by atoms with E-state index >= 15 is 0 Å². The minimum absolute atomic E-state index is 0.0174. The number of piperidine rings is 1. The number of nitrogens with zero attached hydrogens (tertiary/aromatic N) is 1. The van der Waals surface area contributed by atoms with E-state index in [-0.39, 0.29) is 31.4 Å². The van der Waals surface area contributed by atoms with Gasteiger partial charge in [-0.05, 0) is 22.0 Å². The molecule has 0 bridgehead atoms. The van der Waals surface area contributed by atoms with Crippen LogP contribution in [0.4, 0.5) is 4.79 Å². The summed E-state index contributed by atoms with van der Waals surface area (Å²) in [5.74, 6) is 4.52. The molecule has 1 aliphatic rings. The summed E-state index contributed by atoms with van der Waals surface area (Å²) < 4.78 is 18.2. The number of hydrogen-bond donors (Lipinski definition) is 3. The minimum atomic E-state index is -2.67. The van der Waals surface area contributed by atoms with Crippen LogP contribution in [0.5, 0.6) is 0 Å². The first kappa shape index (κ1) is 22.8. The maximum absolute atomic E-state index is 13.0. The molecule has 4 N–H and O–H groups in total. The monoisotopic (exact) mass is 423 g/mol. The van der Waals surface area contributed by atoms with Gasteiger partial charge in [0.1, 0.15) is 6.61 Å². The summed E-state index contributed by atoms with van der Waals surface area (Å²) in [4.78, 5) is 37.4. The number of hydrogen-bond acceptors (Lipinski definition) is 6. The second-order valence-electron chi connectivity index (χ2n) is 8.22. The van der Waals surface area contributed by atoms with E-state index in [0.29, 0.717) is 6.42 Å². The van der Waals surface area contributed by atoms with E-state index in [1.165, 1.54) is 0 Å². The molecule has 10 heteroatoms. The zero-order valence-corrected chi connectivity index (χ0v) is 17.8. The number of nitrogens with one attached hydrogen (secondary N) is 2. The summed E-state index contributed by atoms with van der Waals surface area (Å²) >= 11 is 0. The summed E-state index contributed by atoms with van der Waals surface area (Å²) in [5, 5.41) is 3.86. The van der Waals surface area contributed by atoms with Gasteiger partial charge in [0.15, 0.2) is 0 Å². The van der Waals surface area contributed by atoms with Gasteiger partial charge >= 0.3 is 25.2 Å². The predicted octanol–water partition coefficient (Wildman–Crippen LogP) is 2.40. The number of carbonyl (C=O) groups is 3. The standard InChI is InChI=1S/C19H27N4O5P/c1-18(2,3)12-15(24)22-29(27)19(10-7-11-23(20)16(19)25)21-17(26)28-13-14-8-5-4-6-9-14/h4-6,8-9H,7,10-13,20H2,1-3H3,(H-,21,22,24,26,27)/p+1. The molecule has 2 unspecified atom stereocenters. The lowest BCUT2D eigenvalue weighted by molar-refractivity contribution is -0.138. The fourth-order valence-corrected chi connectivity index (χ4v) is 4.32. The van der Waals surface area contributed by atoms with Gasteiger partial charge in [-0.3, -0.25) is 19.9 Å². The van der Waals surface area contributed by atoms with Crippen LogP contribution in [0, 0.1) is 5.41 Å². The quantitative estimate of drug-likeness (QED) is 0.366. The molecule has 0 radical (unpaired) electrons. The van der Waals surface area contributed by atoms with Crippen LogP contribution < -0.4 is 16.2 Å². The number of rotatable bonds is 6. The molecule has 1 aromatic rings. The Morgan fingerprint density at radius 1 is 1.28 bits per heavy atom. The van der Waals surface area contributed by atoms with Gasteiger partial charge < -0.3 is 4.74 Å². The van der Waals surface area contributed by atoms with Gasteiger partial charge in [-0.2, -0.15) is 0 Å². The normalized spacial score (nSPS) is 20.1. The second-order valence-corrected chi connectivity index (χ2v) is 9.79. The summed E-state index contributed by atoms with van der Waals surface area (Å²) in [6.45, 7) is 5.84. The fourth-order valence-electron chi connectivity index (χ4n) is 2.96. The lowest BCUT2D eigenvalue weighted by Gasteiger charge is -2.32. The van der Waals surface area contributed by atoms with Crippen LogP contribution in [-0.4, -0.2) is 34.7 Å². The van der Waals surface area contributed by atoms with Crippen LogP contribution in [0.15, 0.2) is 30.3 Å². The van der Waals surface area contributed by atoms with E-state index < -0.39 is 31.1 Å². The number of amides is 3. The smallest absolute Gasteiger partial charge is 0.445 e. The van der Waals surface area contributed by atoms with E-state index in [2.05, 4.69) is 10.4 Å². The zero-order chi connectivity index (χ0) is 21.7. The van der Waals surface area contributed by atoms with Gasteiger partial charge in [-0.1, -0.05) is 51.1 Å². The lowest BCUT2D eigenvalue weighted by Crippen LogP contribution is -2.63. The number of carbonyl (C=O) groups excluding carboxylic acids is 3. The Kier molecular flexibility index (Phi) is 7.32. The highest BCUT2D eigenvalue weighted by molar-refractivity contribution is 7.46. The van der Waals surface area contributed by atoms with Crippen molar-refractivity contribution in [2.45, 2.75) is 51.9 Å². The van der Waals surface area contributed by atoms with Crippen LogP contribution in [-0.2, 0) is 25.5 Å². The highest BCUT2D eigenvalue weighted by atomic mass is 31.1. The van der Waals surface area contributed by atoms with Gasteiger partial charge in [0.25, 0.3) is 5.91 Å². The third-order valence-electron chi connectivity index (χ3n) is 4.34. The van der Waals surface area contributed by atoms with Crippen molar-refractivity contribution in [1.29, 1.82) is 0 Å². The number of hydrazine groups is 1. The Balaban J connectivity index is 2.13. The first-order valence-corrected chi connectivity index (χ1v) is 10.6. The van der Waals surface area contributed by atoms with E-state index in [4.69, 9.17) is 10.6 Å². The average molecular weight is 423 g/mol. The van der Waals surface area contributed by atoms with Gasteiger partial charge in [-0.25, -0.2) is 10.6 Å². The third kappa shape index (κ3) is 6.24. The van der Waals surface area contributed by atoms with E-state index in [9.17, 15) is 18.9 Å². The molecule has 0 saturated carbocycles. The maximum Gasteiger partial charge on any atom is 0.501 e. The van der Waals surface area contributed by atoms with Crippen LogP contribution in [0.1, 0.15) is 45.6 Å². The first-order chi connectivity index (χ1) is 13.5. The van der Waals surface area contributed by atoms with Crippen molar-refractivity contribution in [3.63, 3.8) is 0 Å². The van der Waals surface area contributed by atoms with Crippen molar-refractivity contribution >= 4 is 25.9 Å². The van der Waals surface area contributed by atoms with Crippen LogP contribution in [0.3, 0.4) is 0 Å². The van der Waals surface area contributed by atoms with Crippen molar-refractivity contribution in [3.8, 4) is 0 Å². The molecule has 0 spiro atoms. The SMILES string of the molecule is CC(C)(C)CC(=O)N[P+](=O)C1(NC(=O)OCc2ccccc2)CCCN(N)C1=O. The summed E-state index contributed by atoms with van der Waals surface area (Å²) in [6.07, 6.45) is -0.308. The molecule has 158 valence electrons. The topological polar surface area (TPSA) is 131 Å².